The van der Waals surface area contributed by atoms with Crippen LogP contribution in [0.1, 0.15) is 37.6 Å². The second-order valence-electron chi connectivity index (χ2n) is 6.61. The van der Waals surface area contributed by atoms with E-state index in [9.17, 15) is 13.2 Å². The van der Waals surface area contributed by atoms with Crippen LogP contribution in [0, 0.1) is 5.41 Å². The first kappa shape index (κ1) is 19.9. The SMILES string of the molecule is CC(C)S(=O)(=O)c1ccc(C(=O)N2CCC(C)(CN)C2)cc1.Cl. The first-order valence-corrected chi connectivity index (χ1v) is 9.07. The van der Waals surface area contributed by atoms with Gasteiger partial charge in [-0.05, 0) is 56.5 Å². The van der Waals surface area contributed by atoms with Crippen LogP contribution in [0.5, 0.6) is 0 Å². The van der Waals surface area contributed by atoms with Gasteiger partial charge in [-0.3, -0.25) is 4.79 Å². The number of hydrogen-bond acceptors (Lipinski definition) is 4. The van der Waals surface area contributed by atoms with Crippen molar-refractivity contribution in [2.24, 2.45) is 11.1 Å². The maximum atomic E-state index is 12.5. The third-order valence-corrected chi connectivity index (χ3v) is 6.56. The number of hydrogen-bond donors (Lipinski definition) is 1. The topological polar surface area (TPSA) is 80.5 Å². The van der Waals surface area contributed by atoms with E-state index in [2.05, 4.69) is 6.92 Å². The third kappa shape index (κ3) is 4.05. The normalized spacial score (nSPS) is 21.3. The van der Waals surface area contributed by atoms with E-state index in [0.29, 0.717) is 25.2 Å². The zero-order valence-corrected chi connectivity index (χ0v) is 15.4. The van der Waals surface area contributed by atoms with Gasteiger partial charge < -0.3 is 10.6 Å². The quantitative estimate of drug-likeness (QED) is 0.891. The van der Waals surface area contributed by atoms with E-state index in [4.69, 9.17) is 5.73 Å². The van der Waals surface area contributed by atoms with Crippen LogP contribution in [0.25, 0.3) is 0 Å². The highest BCUT2D eigenvalue weighted by Gasteiger charge is 2.35. The lowest BCUT2D eigenvalue weighted by atomic mass is 9.90. The molecule has 7 heteroatoms. The molecule has 5 nitrogen and oxygen atoms in total. The molecule has 1 unspecified atom stereocenters. The lowest BCUT2D eigenvalue weighted by Crippen LogP contribution is -2.34. The van der Waals surface area contributed by atoms with Gasteiger partial charge in [-0.1, -0.05) is 6.92 Å². The Balaban J connectivity index is 0.00000264. The van der Waals surface area contributed by atoms with Gasteiger partial charge in [-0.15, -0.1) is 12.4 Å². The van der Waals surface area contributed by atoms with E-state index in [0.717, 1.165) is 6.42 Å². The fraction of sp³-hybridized carbons (Fsp3) is 0.562. The Hall–Kier alpha value is -1.11. The molecular formula is C16H25ClN2O3S. The molecular weight excluding hydrogens is 336 g/mol. The van der Waals surface area contributed by atoms with Crippen molar-refractivity contribution in [3.63, 3.8) is 0 Å². The molecule has 130 valence electrons. The highest BCUT2D eigenvalue weighted by Crippen LogP contribution is 2.29. The van der Waals surface area contributed by atoms with Gasteiger partial charge in [-0.2, -0.15) is 0 Å². The second kappa shape index (κ2) is 7.20. The summed E-state index contributed by atoms with van der Waals surface area (Å²) >= 11 is 0. The maximum absolute atomic E-state index is 12.5. The van der Waals surface area contributed by atoms with Gasteiger partial charge in [0.25, 0.3) is 5.91 Å². The van der Waals surface area contributed by atoms with Crippen LogP contribution in [0.2, 0.25) is 0 Å². The Morgan fingerprint density at radius 3 is 2.30 bits per heavy atom. The smallest absolute Gasteiger partial charge is 0.253 e. The average molecular weight is 361 g/mol. The summed E-state index contributed by atoms with van der Waals surface area (Å²) in [5, 5.41) is -0.474. The summed E-state index contributed by atoms with van der Waals surface area (Å²) in [6.45, 7) is 7.27. The van der Waals surface area contributed by atoms with Gasteiger partial charge in [-0.25, -0.2) is 8.42 Å². The summed E-state index contributed by atoms with van der Waals surface area (Å²) in [5.74, 6) is -0.0642. The van der Waals surface area contributed by atoms with Crippen LogP contribution < -0.4 is 5.73 Å². The molecule has 1 atom stereocenters. The molecule has 0 spiro atoms. The lowest BCUT2D eigenvalue weighted by molar-refractivity contribution is 0.0777. The minimum atomic E-state index is -3.30. The first-order chi connectivity index (χ1) is 10.2. The molecule has 1 fully saturated rings. The molecule has 0 radical (unpaired) electrons. The van der Waals surface area contributed by atoms with Crippen molar-refractivity contribution in [2.45, 2.75) is 37.3 Å². The first-order valence-electron chi connectivity index (χ1n) is 7.53. The van der Waals surface area contributed by atoms with Crippen LogP contribution >= 0.6 is 12.4 Å². The zero-order valence-electron chi connectivity index (χ0n) is 13.8. The molecule has 23 heavy (non-hydrogen) atoms. The van der Waals surface area contributed by atoms with E-state index >= 15 is 0 Å². The highest BCUT2D eigenvalue weighted by molar-refractivity contribution is 7.92. The van der Waals surface area contributed by atoms with E-state index in [1.54, 1.807) is 30.9 Å². The van der Waals surface area contributed by atoms with Gasteiger partial charge in [0.2, 0.25) is 0 Å². The number of halogens is 1. The van der Waals surface area contributed by atoms with Crippen molar-refractivity contribution < 1.29 is 13.2 Å². The molecule has 1 aliphatic rings. The number of carbonyl (C=O) groups excluding carboxylic acids is 1. The van der Waals surface area contributed by atoms with E-state index in [-0.39, 0.29) is 28.6 Å². The predicted molar refractivity (Wildman–Crippen MR) is 93.7 cm³/mol. The standard InChI is InChI=1S/C16H24N2O3S.ClH/c1-12(2)22(20,21)14-6-4-13(5-7-14)15(19)18-9-8-16(3,10-17)11-18;/h4-7,12H,8-11,17H2,1-3H3;1H. The summed E-state index contributed by atoms with van der Waals surface area (Å²) < 4.78 is 24.2. The summed E-state index contributed by atoms with van der Waals surface area (Å²) in [4.78, 5) is 14.5. The van der Waals surface area contributed by atoms with Crippen molar-refractivity contribution >= 4 is 28.2 Å². The van der Waals surface area contributed by atoms with Crippen LogP contribution in [0.4, 0.5) is 0 Å². The van der Waals surface area contributed by atoms with Crippen molar-refractivity contribution in [3.05, 3.63) is 29.8 Å². The Bertz CT molecular complexity index is 658. The number of rotatable bonds is 4. The predicted octanol–water partition coefficient (Wildman–Crippen LogP) is 2.10. The molecule has 1 aromatic carbocycles. The summed E-state index contributed by atoms with van der Waals surface area (Å²) in [6.07, 6.45) is 0.898. The van der Waals surface area contributed by atoms with Crippen LogP contribution in [-0.4, -0.2) is 44.1 Å². The number of amides is 1. The van der Waals surface area contributed by atoms with Gasteiger partial charge in [0, 0.05) is 18.7 Å². The van der Waals surface area contributed by atoms with Crippen LogP contribution in [0.3, 0.4) is 0 Å². The minimum absolute atomic E-state index is 0. The number of likely N-dealkylation sites (tertiary alicyclic amines) is 1. The molecule has 0 aliphatic carbocycles. The zero-order chi connectivity index (χ0) is 16.5. The molecule has 0 bridgehead atoms. The molecule has 1 heterocycles. The van der Waals surface area contributed by atoms with E-state index < -0.39 is 15.1 Å². The van der Waals surface area contributed by atoms with Crippen molar-refractivity contribution in [1.82, 2.24) is 4.90 Å². The maximum Gasteiger partial charge on any atom is 0.253 e. The Kier molecular flexibility index (Phi) is 6.24. The molecule has 2 N–H and O–H groups in total. The minimum Gasteiger partial charge on any atom is -0.338 e. The molecule has 1 saturated heterocycles. The third-order valence-electron chi connectivity index (χ3n) is 4.39. The monoisotopic (exact) mass is 360 g/mol. The molecule has 2 rings (SSSR count). The highest BCUT2D eigenvalue weighted by atomic mass is 35.5. The van der Waals surface area contributed by atoms with Gasteiger partial charge in [0.15, 0.2) is 9.84 Å². The summed E-state index contributed by atoms with van der Waals surface area (Å²) in [6, 6.07) is 6.22. The Morgan fingerprint density at radius 1 is 1.30 bits per heavy atom. The number of nitrogens with two attached hydrogens (primary N) is 1. The molecule has 1 aromatic rings. The fourth-order valence-corrected chi connectivity index (χ4v) is 3.67. The Morgan fingerprint density at radius 2 is 1.87 bits per heavy atom. The van der Waals surface area contributed by atoms with Crippen molar-refractivity contribution in [1.29, 1.82) is 0 Å². The Labute approximate surface area is 144 Å². The van der Waals surface area contributed by atoms with E-state index in [1.165, 1.54) is 12.1 Å². The second-order valence-corrected chi connectivity index (χ2v) is 9.11. The summed E-state index contributed by atoms with van der Waals surface area (Å²) in [5.41, 5.74) is 6.26. The molecule has 1 amide bonds. The molecule has 0 aromatic heterocycles. The fourth-order valence-electron chi connectivity index (χ4n) is 2.61. The number of nitrogens with zero attached hydrogens (tertiary/aromatic N) is 1. The van der Waals surface area contributed by atoms with Crippen molar-refractivity contribution in [3.8, 4) is 0 Å². The molecule has 1 aliphatic heterocycles. The number of carbonyl (C=O) groups is 1. The van der Waals surface area contributed by atoms with Crippen LogP contribution in [-0.2, 0) is 9.84 Å². The lowest BCUT2D eigenvalue weighted by Gasteiger charge is -2.22. The van der Waals surface area contributed by atoms with Crippen LogP contribution in [0.15, 0.2) is 29.2 Å². The van der Waals surface area contributed by atoms with E-state index in [1.807, 2.05) is 0 Å². The largest absolute Gasteiger partial charge is 0.338 e. The number of benzene rings is 1. The number of sulfone groups is 1. The van der Waals surface area contributed by atoms with Gasteiger partial charge >= 0.3 is 0 Å². The summed E-state index contributed by atoms with van der Waals surface area (Å²) in [7, 11) is -3.30. The molecule has 0 saturated carbocycles. The average Bonchev–Trinajstić information content (AvgIpc) is 2.90. The van der Waals surface area contributed by atoms with Gasteiger partial charge in [0.1, 0.15) is 0 Å². The van der Waals surface area contributed by atoms with Gasteiger partial charge in [0.05, 0.1) is 10.1 Å². The van der Waals surface area contributed by atoms with Crippen molar-refractivity contribution in [2.75, 3.05) is 19.6 Å².